The molecule has 0 saturated carbocycles. The molecule has 1 aliphatic heterocycles. The Morgan fingerprint density at radius 3 is 3.00 bits per heavy atom. The van der Waals surface area contributed by atoms with Crippen molar-refractivity contribution < 1.29 is 9.53 Å². The van der Waals surface area contributed by atoms with E-state index in [1.807, 2.05) is 13.0 Å². The first-order valence-electron chi connectivity index (χ1n) is 6.92. The summed E-state index contributed by atoms with van der Waals surface area (Å²) in [5.74, 6) is 0.488. The Morgan fingerprint density at radius 1 is 1.50 bits per heavy atom. The Balaban J connectivity index is 2.21. The first-order valence-corrected chi connectivity index (χ1v) is 6.92. The van der Waals surface area contributed by atoms with Crippen LogP contribution in [0.3, 0.4) is 0 Å². The van der Waals surface area contributed by atoms with Crippen LogP contribution in [-0.4, -0.2) is 25.7 Å². The number of unbranched alkanes of at least 4 members (excludes halogenated alkanes) is 2. The molecular weight excluding hydrogens is 226 g/mol. The lowest BCUT2D eigenvalue weighted by Crippen LogP contribution is -2.28. The molecule has 1 N–H and O–H groups in total. The normalized spacial score (nSPS) is 20.6. The minimum atomic E-state index is -0.000425. The highest BCUT2D eigenvalue weighted by atomic mass is 16.5. The predicted molar refractivity (Wildman–Crippen MR) is 74.4 cm³/mol. The zero-order valence-electron chi connectivity index (χ0n) is 11.6. The van der Waals surface area contributed by atoms with Crippen LogP contribution in [0.1, 0.15) is 39.5 Å². The zero-order valence-corrected chi connectivity index (χ0v) is 11.6. The van der Waals surface area contributed by atoms with Gasteiger partial charge in [-0.2, -0.15) is 0 Å². The van der Waals surface area contributed by atoms with Gasteiger partial charge in [-0.1, -0.05) is 31.9 Å². The second kappa shape index (κ2) is 8.92. The molecule has 1 aliphatic rings. The van der Waals surface area contributed by atoms with Gasteiger partial charge in [-0.15, -0.1) is 0 Å². The summed E-state index contributed by atoms with van der Waals surface area (Å²) in [5, 5.41) is 2.93. The first-order chi connectivity index (χ1) is 8.72. The minimum absolute atomic E-state index is 0.000425. The highest BCUT2D eigenvalue weighted by Gasteiger charge is 2.15. The summed E-state index contributed by atoms with van der Waals surface area (Å²) in [6, 6.07) is 0. The van der Waals surface area contributed by atoms with Crippen molar-refractivity contribution in [2.24, 2.45) is 5.92 Å². The van der Waals surface area contributed by atoms with Crippen LogP contribution in [0.5, 0.6) is 0 Å². The van der Waals surface area contributed by atoms with Gasteiger partial charge in [-0.3, -0.25) is 4.79 Å². The molecule has 1 rings (SSSR count). The molecule has 3 nitrogen and oxygen atoms in total. The summed E-state index contributed by atoms with van der Waals surface area (Å²) >= 11 is 0. The van der Waals surface area contributed by atoms with Gasteiger partial charge < -0.3 is 10.1 Å². The number of carbonyl (C=O) groups excluding carboxylic acids is 1. The summed E-state index contributed by atoms with van der Waals surface area (Å²) < 4.78 is 5.27. The van der Waals surface area contributed by atoms with Crippen molar-refractivity contribution in [3.05, 3.63) is 23.8 Å². The van der Waals surface area contributed by atoms with Gasteiger partial charge in [0.25, 0.3) is 0 Å². The van der Waals surface area contributed by atoms with E-state index in [2.05, 4.69) is 18.3 Å². The fourth-order valence-electron chi connectivity index (χ4n) is 1.89. The maximum atomic E-state index is 11.6. The SMILES string of the molecule is CCCC/C=C/C(C)=C\C(=O)NCC1CCOC1. The monoisotopic (exact) mass is 251 g/mol. The Hall–Kier alpha value is -1.09. The van der Waals surface area contributed by atoms with Crippen LogP contribution >= 0.6 is 0 Å². The maximum absolute atomic E-state index is 11.6. The summed E-state index contributed by atoms with van der Waals surface area (Å²) in [6.07, 6.45) is 10.4. The Bertz CT molecular complexity index is 302. The Labute approximate surface area is 110 Å². The molecule has 0 aromatic rings. The molecule has 1 heterocycles. The molecule has 18 heavy (non-hydrogen) atoms. The first kappa shape index (κ1) is 15.0. The number of amides is 1. The quantitative estimate of drug-likeness (QED) is 0.429. The summed E-state index contributed by atoms with van der Waals surface area (Å²) in [5.41, 5.74) is 1.01. The molecule has 0 bridgehead atoms. The second-order valence-corrected chi connectivity index (χ2v) is 4.91. The van der Waals surface area contributed by atoms with E-state index in [4.69, 9.17) is 4.74 Å². The molecule has 102 valence electrons. The van der Waals surface area contributed by atoms with Crippen LogP contribution in [0, 0.1) is 5.92 Å². The molecule has 1 fully saturated rings. The molecule has 0 radical (unpaired) electrons. The van der Waals surface area contributed by atoms with Gasteiger partial charge in [-0.05, 0) is 25.3 Å². The predicted octanol–water partition coefficient (Wildman–Crippen LogP) is 2.83. The highest BCUT2D eigenvalue weighted by molar-refractivity contribution is 5.88. The lowest BCUT2D eigenvalue weighted by molar-refractivity contribution is -0.116. The minimum Gasteiger partial charge on any atom is -0.381 e. The number of rotatable bonds is 7. The molecule has 1 amide bonds. The zero-order chi connectivity index (χ0) is 13.2. The van der Waals surface area contributed by atoms with Crippen LogP contribution in [0.25, 0.3) is 0 Å². The third-order valence-electron chi connectivity index (χ3n) is 3.05. The molecule has 0 spiro atoms. The lowest BCUT2D eigenvalue weighted by Gasteiger charge is -2.07. The average molecular weight is 251 g/mol. The van der Waals surface area contributed by atoms with Crippen LogP contribution in [0.2, 0.25) is 0 Å². The number of carbonyl (C=O) groups is 1. The molecular formula is C15H25NO2. The van der Waals surface area contributed by atoms with E-state index >= 15 is 0 Å². The smallest absolute Gasteiger partial charge is 0.244 e. The van der Waals surface area contributed by atoms with Crippen LogP contribution < -0.4 is 5.32 Å². The molecule has 3 heteroatoms. The summed E-state index contributed by atoms with van der Waals surface area (Å²) in [6.45, 7) is 6.47. The molecule has 0 aromatic heterocycles. The third kappa shape index (κ3) is 6.60. The average Bonchev–Trinajstić information content (AvgIpc) is 2.85. The number of nitrogens with one attached hydrogen (secondary N) is 1. The molecule has 0 aliphatic carbocycles. The van der Waals surface area contributed by atoms with Crippen molar-refractivity contribution in [1.82, 2.24) is 5.32 Å². The molecule has 1 saturated heterocycles. The van der Waals surface area contributed by atoms with Crippen molar-refractivity contribution in [3.63, 3.8) is 0 Å². The molecule has 1 atom stereocenters. The summed E-state index contributed by atoms with van der Waals surface area (Å²) in [7, 11) is 0. The van der Waals surface area contributed by atoms with E-state index in [1.165, 1.54) is 12.8 Å². The van der Waals surface area contributed by atoms with Crippen molar-refractivity contribution in [3.8, 4) is 0 Å². The molecule has 0 aromatic carbocycles. The topological polar surface area (TPSA) is 38.3 Å². The fraction of sp³-hybridized carbons (Fsp3) is 0.667. The Kier molecular flexibility index (Phi) is 7.42. The number of hydrogen-bond acceptors (Lipinski definition) is 2. The second-order valence-electron chi connectivity index (χ2n) is 4.91. The van der Waals surface area contributed by atoms with E-state index in [0.29, 0.717) is 5.92 Å². The van der Waals surface area contributed by atoms with Gasteiger partial charge in [0.1, 0.15) is 0 Å². The van der Waals surface area contributed by atoms with Crippen LogP contribution in [0.4, 0.5) is 0 Å². The largest absolute Gasteiger partial charge is 0.381 e. The summed E-state index contributed by atoms with van der Waals surface area (Å²) in [4.78, 5) is 11.6. The van der Waals surface area contributed by atoms with E-state index < -0.39 is 0 Å². The fourth-order valence-corrected chi connectivity index (χ4v) is 1.89. The van der Waals surface area contributed by atoms with Gasteiger partial charge in [0.2, 0.25) is 5.91 Å². The van der Waals surface area contributed by atoms with Gasteiger partial charge in [-0.25, -0.2) is 0 Å². The number of allylic oxidation sites excluding steroid dienone is 3. The van der Waals surface area contributed by atoms with Gasteiger partial charge in [0.05, 0.1) is 6.61 Å². The van der Waals surface area contributed by atoms with Crippen molar-refractivity contribution in [1.29, 1.82) is 0 Å². The number of hydrogen-bond donors (Lipinski definition) is 1. The lowest BCUT2D eigenvalue weighted by atomic mass is 10.1. The van der Waals surface area contributed by atoms with E-state index in [9.17, 15) is 4.79 Å². The van der Waals surface area contributed by atoms with Crippen LogP contribution in [-0.2, 0) is 9.53 Å². The maximum Gasteiger partial charge on any atom is 0.244 e. The van der Waals surface area contributed by atoms with Crippen molar-refractivity contribution >= 4 is 5.91 Å². The number of ether oxygens (including phenoxy) is 1. The Morgan fingerprint density at radius 2 is 2.33 bits per heavy atom. The van der Waals surface area contributed by atoms with Crippen LogP contribution in [0.15, 0.2) is 23.8 Å². The van der Waals surface area contributed by atoms with Crippen molar-refractivity contribution in [2.75, 3.05) is 19.8 Å². The van der Waals surface area contributed by atoms with Gasteiger partial charge >= 0.3 is 0 Å². The van der Waals surface area contributed by atoms with E-state index in [1.54, 1.807) is 6.08 Å². The standard InChI is InChI=1S/C15H25NO2/c1-3-4-5-6-7-13(2)10-15(17)16-11-14-8-9-18-12-14/h6-7,10,14H,3-5,8-9,11-12H2,1-2H3,(H,16,17)/b7-6+,13-10-. The highest BCUT2D eigenvalue weighted by Crippen LogP contribution is 2.10. The van der Waals surface area contributed by atoms with E-state index in [-0.39, 0.29) is 5.91 Å². The third-order valence-corrected chi connectivity index (χ3v) is 3.05. The van der Waals surface area contributed by atoms with E-state index in [0.717, 1.165) is 38.2 Å². The van der Waals surface area contributed by atoms with Gasteiger partial charge in [0, 0.05) is 25.1 Å². The molecule has 1 unspecified atom stereocenters. The van der Waals surface area contributed by atoms with Crippen molar-refractivity contribution in [2.45, 2.75) is 39.5 Å². The van der Waals surface area contributed by atoms with Gasteiger partial charge in [0.15, 0.2) is 0 Å².